The van der Waals surface area contributed by atoms with Crippen molar-refractivity contribution >= 4 is 16.8 Å². The Morgan fingerprint density at radius 2 is 1.77 bits per heavy atom. The number of aromatic nitrogens is 1. The number of benzene rings is 1. The second-order valence-electron chi connectivity index (χ2n) is 8.21. The molecule has 0 spiro atoms. The maximum atomic E-state index is 13.8. The zero-order chi connectivity index (χ0) is 22.5. The summed E-state index contributed by atoms with van der Waals surface area (Å²) in [6.45, 7) is 6.66. The quantitative estimate of drug-likeness (QED) is 0.225. The summed E-state index contributed by atoms with van der Waals surface area (Å²) in [4.78, 5) is 16.2. The fourth-order valence-electron chi connectivity index (χ4n) is 2.98. The topological polar surface area (TPSA) is 51.2 Å². The van der Waals surface area contributed by atoms with Crippen LogP contribution in [0.3, 0.4) is 0 Å². The number of rotatable bonds is 13. The van der Waals surface area contributed by atoms with Crippen LogP contribution in [-0.2, 0) is 4.79 Å². The molecule has 1 atom stereocenters. The number of nitrogens with one attached hydrogen (secondary N) is 1. The summed E-state index contributed by atoms with van der Waals surface area (Å²) in [5, 5.41) is 3.93. The number of carbonyl (C=O) groups excluding carboxylic acids is 1. The number of unbranched alkanes of at least 4 members (excludes halogenated alkanes) is 5. The molecule has 0 fully saturated rings. The van der Waals surface area contributed by atoms with Crippen molar-refractivity contribution in [1.29, 1.82) is 0 Å². The number of ether oxygens (including phenoxy) is 1. The van der Waals surface area contributed by atoms with E-state index in [-0.39, 0.29) is 17.8 Å². The van der Waals surface area contributed by atoms with Crippen molar-refractivity contribution in [3.63, 3.8) is 0 Å². The molecule has 31 heavy (non-hydrogen) atoms. The van der Waals surface area contributed by atoms with Crippen LogP contribution in [0.2, 0.25) is 0 Å². The van der Waals surface area contributed by atoms with Gasteiger partial charge in [0.25, 0.3) is 0 Å². The van der Waals surface area contributed by atoms with Gasteiger partial charge in [0.2, 0.25) is 11.8 Å². The first-order chi connectivity index (χ1) is 15.0. The number of allylic oxidation sites excluding steroid dienone is 3. The van der Waals surface area contributed by atoms with E-state index >= 15 is 0 Å². The van der Waals surface area contributed by atoms with E-state index in [1.54, 1.807) is 6.08 Å². The highest BCUT2D eigenvalue weighted by atomic mass is 19.1. The van der Waals surface area contributed by atoms with Crippen molar-refractivity contribution in [2.75, 3.05) is 6.61 Å². The van der Waals surface area contributed by atoms with E-state index in [2.05, 4.69) is 10.3 Å². The van der Waals surface area contributed by atoms with Crippen LogP contribution in [0.1, 0.15) is 59.3 Å². The van der Waals surface area contributed by atoms with Crippen molar-refractivity contribution in [3.05, 3.63) is 60.5 Å². The Hall–Kier alpha value is -2.69. The van der Waals surface area contributed by atoms with Gasteiger partial charge in [0.05, 0.1) is 12.1 Å². The van der Waals surface area contributed by atoms with Gasteiger partial charge in [-0.05, 0) is 56.4 Å². The zero-order valence-electron chi connectivity index (χ0n) is 18.9. The van der Waals surface area contributed by atoms with Gasteiger partial charge in [0.1, 0.15) is 5.83 Å². The van der Waals surface area contributed by atoms with Crippen LogP contribution in [0.4, 0.5) is 4.39 Å². The number of carbonyl (C=O) groups is 1. The largest absolute Gasteiger partial charge is 0.478 e. The Labute approximate surface area is 185 Å². The van der Waals surface area contributed by atoms with Crippen LogP contribution < -0.4 is 10.1 Å². The van der Waals surface area contributed by atoms with Crippen LogP contribution in [0.5, 0.6) is 5.88 Å². The minimum absolute atomic E-state index is 0.0680. The van der Waals surface area contributed by atoms with E-state index in [0.29, 0.717) is 24.8 Å². The van der Waals surface area contributed by atoms with Crippen LogP contribution in [0.15, 0.2) is 60.5 Å². The van der Waals surface area contributed by atoms with E-state index in [1.807, 2.05) is 57.2 Å². The number of halogens is 1. The Bertz CT molecular complexity index is 877. The average molecular weight is 427 g/mol. The maximum absolute atomic E-state index is 13.8. The number of hydrogen-bond donors (Lipinski definition) is 1. The first-order valence-electron chi connectivity index (χ1n) is 11.3. The normalized spacial score (nSPS) is 13.1. The third kappa shape index (κ3) is 9.77. The summed E-state index contributed by atoms with van der Waals surface area (Å²) in [5.74, 6) is 0.397. The Morgan fingerprint density at radius 1 is 1.03 bits per heavy atom. The van der Waals surface area contributed by atoms with Crippen molar-refractivity contribution in [3.8, 4) is 5.88 Å². The molecule has 2 aromatic rings. The number of pyridine rings is 1. The molecule has 168 valence electrons. The molecule has 1 aromatic heterocycles. The molecule has 0 aliphatic carbocycles. The molecule has 4 nitrogen and oxygen atoms in total. The van der Waals surface area contributed by atoms with E-state index in [4.69, 9.17) is 4.74 Å². The van der Waals surface area contributed by atoms with Crippen LogP contribution in [-0.4, -0.2) is 23.5 Å². The lowest BCUT2D eigenvalue weighted by molar-refractivity contribution is -0.117. The summed E-state index contributed by atoms with van der Waals surface area (Å²) in [5.41, 5.74) is 0.945. The van der Waals surface area contributed by atoms with Gasteiger partial charge in [-0.25, -0.2) is 9.37 Å². The van der Waals surface area contributed by atoms with Crippen molar-refractivity contribution in [2.24, 2.45) is 5.92 Å². The summed E-state index contributed by atoms with van der Waals surface area (Å²) in [7, 11) is 0. The van der Waals surface area contributed by atoms with Gasteiger partial charge in [0.15, 0.2) is 0 Å². The van der Waals surface area contributed by atoms with Gasteiger partial charge in [-0.2, -0.15) is 0 Å². The van der Waals surface area contributed by atoms with Gasteiger partial charge in [-0.15, -0.1) is 0 Å². The van der Waals surface area contributed by atoms with E-state index in [9.17, 15) is 9.18 Å². The smallest absolute Gasteiger partial charge is 0.244 e. The van der Waals surface area contributed by atoms with Gasteiger partial charge < -0.3 is 10.1 Å². The van der Waals surface area contributed by atoms with E-state index in [1.165, 1.54) is 12.2 Å². The molecule has 0 saturated heterocycles. The minimum atomic E-state index is -0.358. The number of para-hydroxylation sites is 1. The lowest BCUT2D eigenvalue weighted by Crippen LogP contribution is -2.34. The summed E-state index contributed by atoms with van der Waals surface area (Å²) < 4.78 is 19.5. The summed E-state index contributed by atoms with van der Waals surface area (Å²) in [6, 6.07) is 12.0. The van der Waals surface area contributed by atoms with Crippen LogP contribution >= 0.6 is 0 Å². The third-order valence-electron chi connectivity index (χ3n) is 5.27. The summed E-state index contributed by atoms with van der Waals surface area (Å²) in [6.07, 6.45) is 9.85. The minimum Gasteiger partial charge on any atom is -0.478 e. The molecule has 1 N–H and O–H groups in total. The predicted octanol–water partition coefficient (Wildman–Crippen LogP) is 6.52. The van der Waals surface area contributed by atoms with Crippen LogP contribution in [0.25, 0.3) is 10.9 Å². The highest BCUT2D eigenvalue weighted by Gasteiger charge is 2.08. The number of nitrogens with zero attached hydrogens (tertiary/aromatic N) is 1. The van der Waals surface area contributed by atoms with Gasteiger partial charge >= 0.3 is 0 Å². The van der Waals surface area contributed by atoms with Gasteiger partial charge in [0, 0.05) is 23.6 Å². The fraction of sp³-hybridized carbons (Fsp3) is 0.462. The first-order valence-corrected chi connectivity index (χ1v) is 11.3. The molecule has 1 unspecified atom stereocenters. The molecule has 1 aromatic carbocycles. The van der Waals surface area contributed by atoms with Crippen molar-refractivity contribution in [1.82, 2.24) is 10.3 Å². The Balaban J connectivity index is 1.52. The highest BCUT2D eigenvalue weighted by Crippen LogP contribution is 2.16. The monoisotopic (exact) mass is 426 g/mol. The maximum Gasteiger partial charge on any atom is 0.244 e. The molecule has 1 amide bonds. The summed E-state index contributed by atoms with van der Waals surface area (Å²) >= 11 is 0. The van der Waals surface area contributed by atoms with Gasteiger partial charge in [-0.3, -0.25) is 4.79 Å². The van der Waals surface area contributed by atoms with E-state index in [0.717, 1.165) is 43.0 Å². The molecular weight excluding hydrogens is 391 g/mol. The molecule has 0 aliphatic heterocycles. The number of amides is 1. The lowest BCUT2D eigenvalue weighted by Gasteiger charge is -2.15. The first kappa shape index (κ1) is 24.6. The van der Waals surface area contributed by atoms with Gasteiger partial charge in [-0.1, -0.05) is 51.3 Å². The average Bonchev–Trinajstić information content (AvgIpc) is 2.76. The van der Waals surface area contributed by atoms with Crippen molar-refractivity contribution < 1.29 is 13.9 Å². The Kier molecular flexibility index (Phi) is 10.8. The second-order valence-corrected chi connectivity index (χ2v) is 8.21. The second kappa shape index (κ2) is 13.6. The molecule has 0 aliphatic rings. The predicted molar refractivity (Wildman–Crippen MR) is 126 cm³/mol. The molecule has 0 radical (unpaired) electrons. The highest BCUT2D eigenvalue weighted by molar-refractivity contribution is 5.88. The zero-order valence-corrected chi connectivity index (χ0v) is 18.9. The molecule has 2 rings (SSSR count). The molecular formula is C26H35FN2O2. The van der Waals surface area contributed by atoms with E-state index < -0.39 is 0 Å². The molecule has 0 saturated carbocycles. The molecule has 1 heterocycles. The number of fused-ring (bicyclic) bond motifs is 1. The number of hydrogen-bond acceptors (Lipinski definition) is 3. The molecule has 5 heteroatoms. The lowest BCUT2D eigenvalue weighted by atomic mass is 10.1. The van der Waals surface area contributed by atoms with Crippen LogP contribution in [0, 0.1) is 5.92 Å². The fourth-order valence-corrected chi connectivity index (χ4v) is 2.98. The standard InChI is InChI=1S/C26H35FN2O2/c1-20(2)21(3)28-25(30)17-16-23(27)13-8-6-4-5-7-11-19-31-26-18-15-22-12-9-10-14-24(22)29-26/h9-10,12-18,20-21H,4-8,11,19H2,1-3H3,(H,28,30)/b17-16+,23-13-. The molecule has 0 bridgehead atoms. The van der Waals surface area contributed by atoms with Crippen molar-refractivity contribution in [2.45, 2.75) is 65.3 Å². The third-order valence-corrected chi connectivity index (χ3v) is 5.27. The Morgan fingerprint density at radius 3 is 2.58 bits per heavy atom. The SMILES string of the molecule is CC(C)C(C)NC(=O)/C=C/C(F)=C/CCCCCCCOc1ccc2ccccc2n1.